The molecular formula is C26H36N2O5S4. The lowest BCUT2D eigenvalue weighted by Crippen LogP contribution is -2.22. The van der Waals surface area contributed by atoms with Crippen molar-refractivity contribution in [3.63, 3.8) is 0 Å². The van der Waals surface area contributed by atoms with Crippen LogP contribution in [0.3, 0.4) is 0 Å². The van der Waals surface area contributed by atoms with Crippen LogP contribution in [0.1, 0.15) is 31.7 Å². The van der Waals surface area contributed by atoms with Crippen LogP contribution in [0.5, 0.6) is 0 Å². The van der Waals surface area contributed by atoms with Crippen LogP contribution in [0.4, 0.5) is 0 Å². The molecule has 0 spiro atoms. The first-order valence-corrected chi connectivity index (χ1v) is 14.3. The minimum absolute atomic E-state index is 0.130. The third-order valence-corrected chi connectivity index (χ3v) is 6.25. The van der Waals surface area contributed by atoms with Gasteiger partial charge in [0.15, 0.2) is 0 Å². The van der Waals surface area contributed by atoms with Gasteiger partial charge >= 0.3 is 5.97 Å². The predicted molar refractivity (Wildman–Crippen MR) is 163 cm³/mol. The van der Waals surface area contributed by atoms with E-state index in [1.165, 1.54) is 18.0 Å². The number of ether oxygens (including phenoxy) is 4. The zero-order valence-electron chi connectivity index (χ0n) is 21.2. The Morgan fingerprint density at radius 2 is 1.62 bits per heavy atom. The van der Waals surface area contributed by atoms with Crippen LogP contribution in [-0.4, -0.2) is 66.9 Å². The number of esters is 1. The van der Waals surface area contributed by atoms with E-state index in [9.17, 15) is 10.1 Å². The van der Waals surface area contributed by atoms with Gasteiger partial charge < -0.3 is 18.9 Å². The molecule has 1 aromatic rings. The number of rotatable bonds is 19. The lowest BCUT2D eigenvalue weighted by Gasteiger charge is -2.20. The van der Waals surface area contributed by atoms with Gasteiger partial charge in [0.2, 0.25) is 0 Å². The molecule has 1 atom stereocenters. The maximum Gasteiger partial charge on any atom is 0.305 e. The minimum Gasteiger partial charge on any atom is -0.463 e. The number of nitriles is 1. The van der Waals surface area contributed by atoms with Crippen molar-refractivity contribution in [2.45, 2.75) is 30.9 Å². The summed E-state index contributed by atoms with van der Waals surface area (Å²) in [5.74, 6) is -0.368. The van der Waals surface area contributed by atoms with Crippen molar-refractivity contribution in [2.75, 3.05) is 46.2 Å². The molecule has 0 saturated heterocycles. The van der Waals surface area contributed by atoms with Crippen LogP contribution in [0, 0.1) is 11.3 Å². The van der Waals surface area contributed by atoms with E-state index in [4.69, 9.17) is 31.2 Å². The normalized spacial score (nSPS) is 12.3. The van der Waals surface area contributed by atoms with Crippen molar-refractivity contribution < 1.29 is 23.7 Å². The van der Waals surface area contributed by atoms with Crippen molar-refractivity contribution >= 4 is 63.2 Å². The molecule has 1 aromatic carbocycles. The fraction of sp³-hybridized carbons (Fsp3) is 0.462. The molecule has 0 bridgehead atoms. The van der Waals surface area contributed by atoms with E-state index < -0.39 is 4.75 Å². The highest BCUT2D eigenvalue weighted by atomic mass is 33.1. The average Bonchev–Trinajstić information content (AvgIpc) is 2.93. The fourth-order valence-corrected chi connectivity index (χ4v) is 4.25. The maximum atomic E-state index is 12.0. The summed E-state index contributed by atoms with van der Waals surface area (Å²) in [6.07, 6.45) is 4.31. The first kappa shape index (κ1) is 35.4. The molecule has 0 fully saturated rings. The molecular weight excluding hydrogens is 549 g/mol. The number of thiocarbonyl (C=S) groups is 1. The Morgan fingerprint density at radius 3 is 2.16 bits per heavy atom. The van der Waals surface area contributed by atoms with E-state index in [1.807, 2.05) is 30.3 Å². The molecule has 1 unspecified atom stereocenters. The minimum atomic E-state index is -0.809. The summed E-state index contributed by atoms with van der Waals surface area (Å²) in [7, 11) is 0. The Bertz CT molecular complexity index is 877. The second kappa shape index (κ2) is 23.5. The van der Waals surface area contributed by atoms with Gasteiger partial charge in [0.25, 0.3) is 0 Å². The Labute approximate surface area is 240 Å². The van der Waals surface area contributed by atoms with Gasteiger partial charge in [-0.05, 0) is 25.0 Å². The number of thiol groups is 2. The zero-order valence-corrected chi connectivity index (χ0v) is 24.6. The Hall–Kier alpha value is -1.65. The first-order chi connectivity index (χ1) is 17.9. The summed E-state index contributed by atoms with van der Waals surface area (Å²) in [5, 5.41) is 9.59. The van der Waals surface area contributed by atoms with Crippen molar-refractivity contribution in [3.05, 3.63) is 61.3 Å². The van der Waals surface area contributed by atoms with Gasteiger partial charge in [-0.15, -0.1) is 23.3 Å². The summed E-state index contributed by atoms with van der Waals surface area (Å²) >= 11 is 13.2. The highest BCUT2D eigenvalue weighted by Gasteiger charge is 2.28. The van der Waals surface area contributed by atoms with Gasteiger partial charge in [-0.2, -0.15) is 5.26 Å². The van der Waals surface area contributed by atoms with Crippen molar-refractivity contribution in [2.24, 2.45) is 4.99 Å². The Kier molecular flexibility index (Phi) is 22.4. The molecule has 0 aliphatic rings. The second-order valence-electron chi connectivity index (χ2n) is 7.41. The third kappa shape index (κ3) is 18.3. The van der Waals surface area contributed by atoms with Gasteiger partial charge in [0.05, 0.1) is 49.9 Å². The van der Waals surface area contributed by atoms with E-state index in [0.29, 0.717) is 50.1 Å². The number of aliphatic imine (C=N–C) groups is 1. The topological polar surface area (TPSA) is 90.1 Å². The van der Waals surface area contributed by atoms with Crippen LogP contribution >= 0.6 is 47.3 Å². The van der Waals surface area contributed by atoms with E-state index in [2.05, 4.69) is 47.5 Å². The molecule has 0 saturated carbocycles. The van der Waals surface area contributed by atoms with Crippen LogP contribution in [0.15, 0.2) is 60.8 Å². The van der Waals surface area contributed by atoms with Crippen LogP contribution in [-0.2, 0) is 23.7 Å². The summed E-state index contributed by atoms with van der Waals surface area (Å²) in [5.41, 5.74) is 1.72. The van der Waals surface area contributed by atoms with Crippen molar-refractivity contribution in [3.8, 4) is 6.07 Å². The van der Waals surface area contributed by atoms with Gasteiger partial charge in [0, 0.05) is 24.8 Å². The lowest BCUT2D eigenvalue weighted by atomic mass is 10.1. The molecule has 0 aliphatic heterocycles. The van der Waals surface area contributed by atoms with E-state index in [1.54, 1.807) is 13.0 Å². The van der Waals surface area contributed by atoms with Crippen LogP contribution in [0.2, 0.25) is 0 Å². The van der Waals surface area contributed by atoms with Gasteiger partial charge in [-0.25, -0.2) is 0 Å². The highest BCUT2D eigenvalue weighted by molar-refractivity contribution is 8.59. The van der Waals surface area contributed by atoms with Gasteiger partial charge in [-0.1, -0.05) is 67.5 Å². The van der Waals surface area contributed by atoms with Gasteiger partial charge in [0.1, 0.15) is 11.4 Å². The number of hydrogen-bond donors (Lipinski definition) is 2. The molecule has 0 N–H and O–H groups in total. The Balaban J connectivity index is 0.00000631. The summed E-state index contributed by atoms with van der Waals surface area (Å²) in [4.78, 5) is 16.1. The summed E-state index contributed by atoms with van der Waals surface area (Å²) in [6.45, 7) is 11.7. The quantitative estimate of drug-likeness (QED) is 0.0537. The van der Waals surface area contributed by atoms with Crippen LogP contribution in [0.25, 0.3) is 0 Å². The Morgan fingerprint density at radius 1 is 1.05 bits per heavy atom. The number of allylic oxidation sites excluding steroid dienone is 1. The molecule has 7 nitrogen and oxygen atoms in total. The second-order valence-corrected chi connectivity index (χ2v) is 9.59. The van der Waals surface area contributed by atoms with Crippen LogP contribution < -0.4 is 0 Å². The fourth-order valence-electron chi connectivity index (χ4n) is 2.65. The average molecular weight is 585 g/mol. The summed E-state index contributed by atoms with van der Waals surface area (Å²) < 4.78 is 21.3. The molecule has 0 aromatic heterocycles. The number of hydrogen-bond acceptors (Lipinski definition) is 11. The number of thioether (sulfide) groups is 1. The molecule has 0 radical (unpaired) electrons. The maximum absolute atomic E-state index is 12.0. The summed E-state index contributed by atoms with van der Waals surface area (Å²) in [6, 6.07) is 11.8. The van der Waals surface area contributed by atoms with E-state index in [0.717, 1.165) is 11.3 Å². The third-order valence-electron chi connectivity index (χ3n) is 4.60. The molecule has 0 aliphatic carbocycles. The molecule has 0 amide bonds. The number of benzene rings is 1. The van der Waals surface area contributed by atoms with Crippen molar-refractivity contribution in [1.29, 1.82) is 5.26 Å². The standard InChI is InChI=1S/C26H34N2O5S2.H2S2/c1-4-23(28-5-2)12-14-30-15-16-31-17-18-32-19-20-33-24(29)11-13-26(3,21-27)35-25(34)22-9-7-6-8-10-22;1-2/h4-10H,1-2,11-20H2,3H3;1-2H. The lowest BCUT2D eigenvalue weighted by molar-refractivity contribution is -0.145. The molecule has 0 heterocycles. The molecule has 1 rings (SSSR count). The van der Waals surface area contributed by atoms with E-state index >= 15 is 0 Å². The predicted octanol–water partition coefficient (Wildman–Crippen LogP) is 5.67. The zero-order chi connectivity index (χ0) is 27.8. The molecule has 204 valence electrons. The largest absolute Gasteiger partial charge is 0.463 e. The smallest absolute Gasteiger partial charge is 0.305 e. The van der Waals surface area contributed by atoms with Crippen molar-refractivity contribution in [1.82, 2.24) is 0 Å². The molecule has 37 heavy (non-hydrogen) atoms. The number of nitrogens with zero attached hydrogens (tertiary/aromatic N) is 2. The first-order valence-electron chi connectivity index (χ1n) is 11.5. The SMILES string of the molecule is C=CN=C(C=C)CCOCCOCCOCCOC(=O)CCC(C)(C#N)SC(=S)c1ccccc1.SS. The monoisotopic (exact) mass is 584 g/mol. The van der Waals surface area contributed by atoms with Gasteiger partial charge in [-0.3, -0.25) is 9.79 Å². The highest BCUT2D eigenvalue weighted by Crippen LogP contribution is 2.33. The number of carbonyl (C=O) groups excluding carboxylic acids is 1. The number of carbonyl (C=O) groups is 1. The molecule has 11 heteroatoms. The van der Waals surface area contributed by atoms with E-state index in [-0.39, 0.29) is 25.6 Å².